The molecule has 0 spiro atoms. The summed E-state index contributed by atoms with van der Waals surface area (Å²) in [5.74, 6) is 0.860. The Hall–Kier alpha value is -4.06. The maximum atomic E-state index is 11.4. The minimum absolute atomic E-state index is 0.171. The van der Waals surface area contributed by atoms with Crippen LogP contribution in [0.1, 0.15) is 27.3 Å². The van der Waals surface area contributed by atoms with Gasteiger partial charge in [-0.25, -0.2) is 9.78 Å². The Morgan fingerprint density at radius 1 is 1.03 bits per heavy atom. The van der Waals surface area contributed by atoms with E-state index in [0.29, 0.717) is 35.0 Å². The summed E-state index contributed by atoms with van der Waals surface area (Å²) in [5, 5.41) is 9.32. The first kappa shape index (κ1) is 19.3. The molecule has 1 heterocycles. The molecule has 4 rings (SSSR count). The Balaban J connectivity index is 1.57. The molecule has 4 aromatic rings. The molecule has 0 atom stereocenters. The van der Waals surface area contributed by atoms with Gasteiger partial charge in [-0.15, -0.1) is 0 Å². The van der Waals surface area contributed by atoms with E-state index in [1.807, 2.05) is 54.6 Å². The second-order valence-electron chi connectivity index (χ2n) is 6.65. The van der Waals surface area contributed by atoms with E-state index in [0.717, 1.165) is 11.1 Å². The third-order valence-corrected chi connectivity index (χ3v) is 4.62. The summed E-state index contributed by atoms with van der Waals surface area (Å²) < 4.78 is 11.4. The number of H-pyrrole nitrogens is 1. The number of carboxylic acids is 1. The topological polar surface area (TPSA) is 84.4 Å². The highest BCUT2D eigenvalue weighted by Gasteiger charge is 2.11. The number of fused-ring (bicyclic) bond motifs is 1. The fraction of sp³-hybridized carbons (Fsp3) is 0.0833. The van der Waals surface area contributed by atoms with E-state index in [1.54, 1.807) is 31.4 Å². The number of benzene rings is 3. The van der Waals surface area contributed by atoms with Crippen molar-refractivity contribution in [1.82, 2.24) is 9.97 Å². The van der Waals surface area contributed by atoms with Gasteiger partial charge in [-0.3, -0.25) is 0 Å². The van der Waals surface area contributed by atoms with Crippen molar-refractivity contribution in [3.05, 3.63) is 89.2 Å². The lowest BCUT2D eigenvalue weighted by Crippen LogP contribution is -1.97. The molecule has 6 heteroatoms. The molecule has 0 fully saturated rings. The van der Waals surface area contributed by atoms with Gasteiger partial charge < -0.3 is 19.6 Å². The Morgan fingerprint density at radius 3 is 2.63 bits per heavy atom. The number of para-hydroxylation sites is 1. The molecule has 0 saturated carbocycles. The first-order valence-corrected chi connectivity index (χ1v) is 9.39. The van der Waals surface area contributed by atoms with E-state index in [1.165, 1.54) is 0 Å². The predicted octanol–water partition coefficient (Wildman–Crippen LogP) is 5.02. The van der Waals surface area contributed by atoms with Crippen molar-refractivity contribution >= 4 is 29.2 Å². The van der Waals surface area contributed by atoms with Gasteiger partial charge in [-0.05, 0) is 41.5 Å². The number of ether oxygens (including phenoxy) is 2. The minimum atomic E-state index is -1.00. The van der Waals surface area contributed by atoms with E-state index in [4.69, 9.17) is 9.47 Å². The van der Waals surface area contributed by atoms with Crippen molar-refractivity contribution in [2.24, 2.45) is 0 Å². The van der Waals surface area contributed by atoms with Crippen LogP contribution in [0.5, 0.6) is 11.5 Å². The van der Waals surface area contributed by atoms with Crippen molar-refractivity contribution < 1.29 is 19.4 Å². The van der Waals surface area contributed by atoms with E-state index in [2.05, 4.69) is 9.97 Å². The van der Waals surface area contributed by atoms with E-state index >= 15 is 0 Å². The Kier molecular flexibility index (Phi) is 5.48. The van der Waals surface area contributed by atoms with Crippen LogP contribution in [0.25, 0.3) is 23.2 Å². The zero-order chi connectivity index (χ0) is 20.9. The normalized spacial score (nSPS) is 11.1. The standard InChI is InChI=1S/C24H20N2O4/c1-29-20-12-10-16(14-21(20)30-15-17-6-3-2-4-7-17)11-13-22-25-19-9-5-8-18(24(27)28)23(19)26-22/h2-14H,15H2,1H3,(H,25,26)(H,27,28)/b13-11+. The number of nitrogens with one attached hydrogen (secondary N) is 1. The lowest BCUT2D eigenvalue weighted by molar-refractivity contribution is 0.0699. The molecular formula is C24H20N2O4. The van der Waals surface area contributed by atoms with Gasteiger partial charge in [0.05, 0.1) is 18.2 Å². The van der Waals surface area contributed by atoms with Crippen LogP contribution in [-0.2, 0) is 6.61 Å². The van der Waals surface area contributed by atoms with Crippen molar-refractivity contribution in [3.8, 4) is 11.5 Å². The summed E-state index contributed by atoms with van der Waals surface area (Å²) in [5.41, 5.74) is 3.25. The predicted molar refractivity (Wildman–Crippen MR) is 116 cm³/mol. The third-order valence-electron chi connectivity index (χ3n) is 4.62. The van der Waals surface area contributed by atoms with Gasteiger partial charge >= 0.3 is 5.97 Å². The number of nitrogens with zero attached hydrogens (tertiary/aromatic N) is 1. The van der Waals surface area contributed by atoms with Gasteiger partial charge in [0, 0.05) is 0 Å². The maximum Gasteiger partial charge on any atom is 0.337 e. The summed E-state index contributed by atoms with van der Waals surface area (Å²) in [6.07, 6.45) is 3.68. The number of imidazole rings is 1. The Morgan fingerprint density at radius 2 is 1.87 bits per heavy atom. The van der Waals surface area contributed by atoms with Gasteiger partial charge in [-0.1, -0.05) is 48.5 Å². The SMILES string of the molecule is COc1ccc(/C=C/c2nc3c(C(=O)O)cccc3[nH]2)cc1OCc1ccccc1. The quantitative estimate of drug-likeness (QED) is 0.455. The third kappa shape index (κ3) is 4.17. The summed E-state index contributed by atoms with van der Waals surface area (Å²) in [4.78, 5) is 18.9. The van der Waals surface area contributed by atoms with E-state index in [-0.39, 0.29) is 5.56 Å². The van der Waals surface area contributed by atoms with Crippen LogP contribution in [0.4, 0.5) is 0 Å². The maximum absolute atomic E-state index is 11.4. The van der Waals surface area contributed by atoms with E-state index in [9.17, 15) is 9.90 Å². The van der Waals surface area contributed by atoms with Crippen molar-refractivity contribution in [2.75, 3.05) is 7.11 Å². The van der Waals surface area contributed by atoms with Gasteiger partial charge in [-0.2, -0.15) is 0 Å². The molecule has 0 aliphatic carbocycles. The lowest BCUT2D eigenvalue weighted by atomic mass is 10.2. The highest BCUT2D eigenvalue weighted by atomic mass is 16.5. The lowest BCUT2D eigenvalue weighted by Gasteiger charge is -2.11. The van der Waals surface area contributed by atoms with Gasteiger partial charge in [0.2, 0.25) is 0 Å². The van der Waals surface area contributed by atoms with Crippen LogP contribution in [-0.4, -0.2) is 28.2 Å². The number of aromatic nitrogens is 2. The first-order chi connectivity index (χ1) is 14.6. The van der Waals surface area contributed by atoms with Gasteiger partial charge in [0.1, 0.15) is 17.9 Å². The van der Waals surface area contributed by atoms with Crippen molar-refractivity contribution in [1.29, 1.82) is 0 Å². The number of carboxylic acid groups (broad SMARTS) is 1. The minimum Gasteiger partial charge on any atom is -0.493 e. The highest BCUT2D eigenvalue weighted by molar-refractivity contribution is 6.01. The van der Waals surface area contributed by atoms with Crippen molar-refractivity contribution in [2.45, 2.75) is 6.61 Å². The molecule has 0 saturated heterocycles. The Labute approximate surface area is 173 Å². The molecule has 2 N–H and O–H groups in total. The van der Waals surface area contributed by atoms with Gasteiger partial charge in [0.25, 0.3) is 0 Å². The number of hydrogen-bond acceptors (Lipinski definition) is 4. The van der Waals surface area contributed by atoms with Crippen LogP contribution < -0.4 is 9.47 Å². The summed E-state index contributed by atoms with van der Waals surface area (Å²) in [7, 11) is 1.61. The molecule has 1 aromatic heterocycles. The molecule has 6 nitrogen and oxygen atoms in total. The van der Waals surface area contributed by atoms with Crippen LogP contribution >= 0.6 is 0 Å². The summed E-state index contributed by atoms with van der Waals surface area (Å²) in [6, 6.07) is 20.6. The fourth-order valence-corrected chi connectivity index (χ4v) is 3.12. The van der Waals surface area contributed by atoms with Crippen LogP contribution in [0.2, 0.25) is 0 Å². The highest BCUT2D eigenvalue weighted by Crippen LogP contribution is 2.29. The largest absolute Gasteiger partial charge is 0.493 e. The fourth-order valence-electron chi connectivity index (χ4n) is 3.12. The average molecular weight is 400 g/mol. The molecule has 150 valence electrons. The number of rotatable bonds is 7. The van der Waals surface area contributed by atoms with Crippen LogP contribution in [0, 0.1) is 0 Å². The summed E-state index contributed by atoms with van der Waals surface area (Å²) >= 11 is 0. The van der Waals surface area contributed by atoms with Crippen LogP contribution in [0.3, 0.4) is 0 Å². The molecule has 0 aliphatic rings. The molecule has 0 aliphatic heterocycles. The molecular weight excluding hydrogens is 380 g/mol. The molecule has 30 heavy (non-hydrogen) atoms. The molecule has 0 radical (unpaired) electrons. The first-order valence-electron chi connectivity index (χ1n) is 9.39. The number of aromatic carboxylic acids is 1. The van der Waals surface area contributed by atoms with Crippen LogP contribution in [0.15, 0.2) is 66.7 Å². The molecule has 0 unspecified atom stereocenters. The monoisotopic (exact) mass is 400 g/mol. The number of carbonyl (C=O) groups is 1. The zero-order valence-corrected chi connectivity index (χ0v) is 16.3. The number of methoxy groups -OCH3 is 1. The van der Waals surface area contributed by atoms with Gasteiger partial charge in [0.15, 0.2) is 11.5 Å². The number of hydrogen-bond donors (Lipinski definition) is 2. The average Bonchev–Trinajstić information content (AvgIpc) is 3.20. The second-order valence-corrected chi connectivity index (χ2v) is 6.65. The van der Waals surface area contributed by atoms with Crippen molar-refractivity contribution in [3.63, 3.8) is 0 Å². The molecule has 0 amide bonds. The zero-order valence-electron chi connectivity index (χ0n) is 16.3. The molecule has 0 bridgehead atoms. The molecule has 3 aromatic carbocycles. The summed E-state index contributed by atoms with van der Waals surface area (Å²) in [6.45, 7) is 0.436. The second kappa shape index (κ2) is 8.53. The number of aromatic amines is 1. The van der Waals surface area contributed by atoms with E-state index < -0.39 is 5.97 Å². The Bertz CT molecular complexity index is 1210. The smallest absolute Gasteiger partial charge is 0.337 e.